The Bertz CT molecular complexity index is 777. The van der Waals surface area contributed by atoms with Crippen LogP contribution in [0.3, 0.4) is 0 Å². The molecule has 0 amide bonds. The number of benzene rings is 3. The third-order valence-electron chi connectivity index (χ3n) is 4.12. The molecular weight excluding hydrogens is 301 g/mol. The largest absolute Gasteiger partial charge is 0.397 e. The van der Waals surface area contributed by atoms with E-state index in [0.29, 0.717) is 11.4 Å². The maximum absolute atomic E-state index is 14.2. The molecule has 0 aliphatic carbocycles. The summed E-state index contributed by atoms with van der Waals surface area (Å²) in [4.78, 5) is 3.86. The summed E-state index contributed by atoms with van der Waals surface area (Å²) in [5, 5.41) is 0. The van der Waals surface area contributed by atoms with Gasteiger partial charge in [-0.25, -0.2) is 4.39 Å². The highest BCUT2D eigenvalue weighted by Crippen LogP contribution is 2.38. The number of para-hydroxylation sites is 5. The minimum Gasteiger partial charge on any atom is -0.397 e. The predicted octanol–water partition coefficient (Wildman–Crippen LogP) is 4.94. The van der Waals surface area contributed by atoms with Gasteiger partial charge in [0.05, 0.1) is 28.4 Å². The standard InChI is InChI=1S/C20H20FN3/c1-23(17-11-5-3-9-15(17)21)19-13-7-8-14-20(19)24(2)18-12-6-4-10-16(18)22/h3-14H,22H2,1-2H3. The minimum atomic E-state index is -0.253. The van der Waals surface area contributed by atoms with Crippen LogP contribution >= 0.6 is 0 Å². The molecule has 3 rings (SSSR count). The zero-order valence-corrected chi connectivity index (χ0v) is 13.8. The van der Waals surface area contributed by atoms with Crippen LogP contribution in [-0.2, 0) is 0 Å². The van der Waals surface area contributed by atoms with E-state index in [9.17, 15) is 4.39 Å². The molecule has 0 aliphatic rings. The molecule has 2 N–H and O–H groups in total. The van der Waals surface area contributed by atoms with E-state index < -0.39 is 0 Å². The van der Waals surface area contributed by atoms with Crippen LogP contribution < -0.4 is 15.5 Å². The van der Waals surface area contributed by atoms with Gasteiger partial charge >= 0.3 is 0 Å². The summed E-state index contributed by atoms with van der Waals surface area (Å²) in [6.45, 7) is 0. The number of hydrogen-bond donors (Lipinski definition) is 1. The Labute approximate surface area is 141 Å². The lowest BCUT2D eigenvalue weighted by Gasteiger charge is -2.29. The van der Waals surface area contributed by atoms with Gasteiger partial charge in [-0.2, -0.15) is 0 Å². The smallest absolute Gasteiger partial charge is 0.146 e. The van der Waals surface area contributed by atoms with E-state index in [0.717, 1.165) is 17.1 Å². The van der Waals surface area contributed by atoms with E-state index in [-0.39, 0.29) is 5.82 Å². The van der Waals surface area contributed by atoms with E-state index in [1.54, 1.807) is 12.1 Å². The zero-order valence-electron chi connectivity index (χ0n) is 13.8. The van der Waals surface area contributed by atoms with Gasteiger partial charge in [0.1, 0.15) is 5.82 Å². The monoisotopic (exact) mass is 321 g/mol. The number of halogens is 1. The SMILES string of the molecule is CN(c1ccccc1N)c1ccccc1N(C)c1ccccc1F. The summed E-state index contributed by atoms with van der Waals surface area (Å²) < 4.78 is 14.2. The molecule has 0 radical (unpaired) electrons. The minimum absolute atomic E-state index is 0.253. The summed E-state index contributed by atoms with van der Waals surface area (Å²) in [5.74, 6) is -0.253. The molecule has 122 valence electrons. The van der Waals surface area contributed by atoms with Crippen molar-refractivity contribution in [3.63, 3.8) is 0 Å². The van der Waals surface area contributed by atoms with Crippen LogP contribution in [0.15, 0.2) is 72.8 Å². The highest BCUT2D eigenvalue weighted by Gasteiger charge is 2.16. The molecule has 0 fully saturated rings. The van der Waals surface area contributed by atoms with Crippen molar-refractivity contribution in [1.82, 2.24) is 0 Å². The number of rotatable bonds is 4. The van der Waals surface area contributed by atoms with Crippen LogP contribution in [0.2, 0.25) is 0 Å². The second-order valence-corrected chi connectivity index (χ2v) is 5.62. The van der Waals surface area contributed by atoms with Crippen molar-refractivity contribution in [3.05, 3.63) is 78.6 Å². The molecule has 24 heavy (non-hydrogen) atoms. The molecule has 0 saturated carbocycles. The average molecular weight is 321 g/mol. The van der Waals surface area contributed by atoms with Crippen LogP contribution in [-0.4, -0.2) is 14.1 Å². The predicted molar refractivity (Wildman–Crippen MR) is 99.8 cm³/mol. The van der Waals surface area contributed by atoms with E-state index in [4.69, 9.17) is 5.73 Å². The Balaban J connectivity index is 2.06. The number of nitrogens with zero attached hydrogens (tertiary/aromatic N) is 2. The van der Waals surface area contributed by atoms with Gasteiger partial charge in [0.2, 0.25) is 0 Å². The average Bonchev–Trinajstić information content (AvgIpc) is 2.61. The Morgan fingerprint density at radius 1 is 0.625 bits per heavy atom. The molecule has 3 aromatic rings. The summed E-state index contributed by atoms with van der Waals surface area (Å²) in [7, 11) is 3.82. The van der Waals surface area contributed by atoms with Gasteiger partial charge in [0.25, 0.3) is 0 Å². The number of nitrogen functional groups attached to an aromatic ring is 1. The Kier molecular flexibility index (Phi) is 4.38. The maximum atomic E-state index is 14.2. The number of hydrogen-bond acceptors (Lipinski definition) is 3. The first-order chi connectivity index (χ1) is 11.6. The number of anilines is 5. The Hall–Kier alpha value is -3.01. The van der Waals surface area contributed by atoms with Gasteiger partial charge in [-0.05, 0) is 36.4 Å². The van der Waals surface area contributed by atoms with Crippen molar-refractivity contribution in [2.45, 2.75) is 0 Å². The molecule has 4 heteroatoms. The third kappa shape index (κ3) is 2.91. The van der Waals surface area contributed by atoms with Crippen molar-refractivity contribution in [2.24, 2.45) is 0 Å². The summed E-state index contributed by atoms with van der Waals surface area (Å²) in [5.41, 5.74) is 10.1. The molecule has 0 unspecified atom stereocenters. The quantitative estimate of drug-likeness (QED) is 0.691. The third-order valence-corrected chi connectivity index (χ3v) is 4.12. The molecule has 0 saturated heterocycles. The topological polar surface area (TPSA) is 32.5 Å². The fourth-order valence-electron chi connectivity index (χ4n) is 2.81. The number of nitrogens with two attached hydrogens (primary N) is 1. The van der Waals surface area contributed by atoms with Crippen LogP contribution in [0, 0.1) is 5.82 Å². The molecule has 0 spiro atoms. The Morgan fingerprint density at radius 3 is 1.58 bits per heavy atom. The van der Waals surface area contributed by atoms with E-state index in [2.05, 4.69) is 0 Å². The molecule has 3 aromatic carbocycles. The van der Waals surface area contributed by atoms with Crippen LogP contribution in [0.5, 0.6) is 0 Å². The van der Waals surface area contributed by atoms with Gasteiger partial charge in [0, 0.05) is 14.1 Å². The van der Waals surface area contributed by atoms with E-state index >= 15 is 0 Å². The lowest BCUT2D eigenvalue weighted by Crippen LogP contribution is -2.18. The molecule has 0 bridgehead atoms. The zero-order chi connectivity index (χ0) is 17.1. The molecular formula is C20H20FN3. The molecule has 0 aromatic heterocycles. The summed E-state index contributed by atoms with van der Waals surface area (Å²) in [6.07, 6.45) is 0. The summed E-state index contributed by atoms with van der Waals surface area (Å²) in [6, 6.07) is 22.3. The maximum Gasteiger partial charge on any atom is 0.146 e. The van der Waals surface area contributed by atoms with Gasteiger partial charge in [-0.15, -0.1) is 0 Å². The fourth-order valence-corrected chi connectivity index (χ4v) is 2.81. The molecule has 0 heterocycles. The van der Waals surface area contributed by atoms with Crippen molar-refractivity contribution >= 4 is 28.4 Å². The molecule has 3 nitrogen and oxygen atoms in total. The van der Waals surface area contributed by atoms with Crippen LogP contribution in [0.4, 0.5) is 32.8 Å². The van der Waals surface area contributed by atoms with Crippen LogP contribution in [0.1, 0.15) is 0 Å². The highest BCUT2D eigenvalue weighted by atomic mass is 19.1. The molecule has 0 aliphatic heterocycles. The van der Waals surface area contributed by atoms with Crippen molar-refractivity contribution in [1.29, 1.82) is 0 Å². The van der Waals surface area contributed by atoms with Gasteiger partial charge in [-0.1, -0.05) is 36.4 Å². The first-order valence-electron chi connectivity index (χ1n) is 7.75. The first-order valence-corrected chi connectivity index (χ1v) is 7.75. The van der Waals surface area contributed by atoms with Gasteiger partial charge in [0.15, 0.2) is 0 Å². The first kappa shape index (κ1) is 15.9. The normalized spacial score (nSPS) is 10.5. The lowest BCUT2D eigenvalue weighted by molar-refractivity contribution is 0.627. The second kappa shape index (κ2) is 6.62. The van der Waals surface area contributed by atoms with E-state index in [1.165, 1.54) is 6.07 Å². The van der Waals surface area contributed by atoms with Crippen LogP contribution in [0.25, 0.3) is 0 Å². The Morgan fingerprint density at radius 2 is 1.04 bits per heavy atom. The summed E-state index contributed by atoms with van der Waals surface area (Å²) >= 11 is 0. The van der Waals surface area contributed by atoms with Gasteiger partial charge in [-0.3, -0.25) is 0 Å². The highest BCUT2D eigenvalue weighted by molar-refractivity contribution is 5.84. The van der Waals surface area contributed by atoms with Gasteiger partial charge < -0.3 is 15.5 Å². The lowest BCUT2D eigenvalue weighted by atomic mass is 10.1. The fraction of sp³-hybridized carbons (Fsp3) is 0.100. The second-order valence-electron chi connectivity index (χ2n) is 5.62. The van der Waals surface area contributed by atoms with Crippen molar-refractivity contribution in [3.8, 4) is 0 Å². The van der Waals surface area contributed by atoms with Crippen molar-refractivity contribution < 1.29 is 4.39 Å². The molecule has 0 atom stereocenters. The van der Waals surface area contributed by atoms with Crippen molar-refractivity contribution in [2.75, 3.05) is 29.6 Å². The van der Waals surface area contributed by atoms with E-state index in [1.807, 2.05) is 78.5 Å².